The third-order valence-electron chi connectivity index (χ3n) is 4.30. The highest BCUT2D eigenvalue weighted by Crippen LogP contribution is 2.23. The number of benzene rings is 1. The summed E-state index contributed by atoms with van der Waals surface area (Å²) in [4.78, 5) is 12.0. The normalized spacial score (nSPS) is 17.1. The number of carbonyl (C=O) groups excluding carboxylic acids is 1. The first-order chi connectivity index (χ1) is 11.0. The Morgan fingerprint density at radius 1 is 1.22 bits per heavy atom. The number of nitrogens with one attached hydrogen (secondary N) is 1. The molecule has 0 radical (unpaired) electrons. The van der Waals surface area contributed by atoms with Crippen LogP contribution in [0.1, 0.15) is 39.0 Å². The Kier molecular flexibility index (Phi) is 6.59. The van der Waals surface area contributed by atoms with E-state index in [1.165, 1.54) is 0 Å². The molecule has 1 N–H and O–H groups in total. The lowest BCUT2D eigenvalue weighted by Crippen LogP contribution is -2.41. The van der Waals surface area contributed by atoms with Crippen molar-refractivity contribution in [3.05, 3.63) is 30.3 Å². The minimum absolute atomic E-state index is 0.103. The summed E-state index contributed by atoms with van der Waals surface area (Å²) in [5.41, 5.74) is 0. The average Bonchev–Trinajstić information content (AvgIpc) is 2.59. The van der Waals surface area contributed by atoms with Gasteiger partial charge in [-0.3, -0.25) is 4.79 Å². The standard InChI is InChI=1S/C17H26N2O3S/c1-2-3-9-17(20)18-14-15-10-12-19(13-11-15)23(21,22)16-7-5-4-6-8-16/h4-8,15H,2-3,9-14H2,1H3,(H,18,20). The van der Waals surface area contributed by atoms with Gasteiger partial charge in [-0.15, -0.1) is 0 Å². The van der Waals surface area contributed by atoms with Crippen molar-refractivity contribution in [1.82, 2.24) is 9.62 Å². The van der Waals surface area contributed by atoms with E-state index in [0.717, 1.165) is 25.7 Å². The van der Waals surface area contributed by atoms with Gasteiger partial charge in [0.15, 0.2) is 0 Å². The van der Waals surface area contributed by atoms with Crippen molar-refractivity contribution in [3.63, 3.8) is 0 Å². The largest absolute Gasteiger partial charge is 0.356 e. The van der Waals surface area contributed by atoms with Crippen LogP contribution in [-0.4, -0.2) is 38.3 Å². The van der Waals surface area contributed by atoms with Crippen LogP contribution in [0.4, 0.5) is 0 Å². The summed E-state index contributed by atoms with van der Waals surface area (Å²) in [5.74, 6) is 0.467. The van der Waals surface area contributed by atoms with Crippen LogP contribution in [0.5, 0.6) is 0 Å². The van der Waals surface area contributed by atoms with Gasteiger partial charge >= 0.3 is 0 Å². The molecule has 0 aromatic heterocycles. The van der Waals surface area contributed by atoms with Crippen LogP contribution in [-0.2, 0) is 14.8 Å². The van der Waals surface area contributed by atoms with Gasteiger partial charge in [-0.25, -0.2) is 8.42 Å². The van der Waals surface area contributed by atoms with Crippen LogP contribution in [0.25, 0.3) is 0 Å². The molecule has 1 heterocycles. The lowest BCUT2D eigenvalue weighted by Gasteiger charge is -2.31. The van der Waals surface area contributed by atoms with Crippen molar-refractivity contribution >= 4 is 15.9 Å². The smallest absolute Gasteiger partial charge is 0.243 e. The minimum Gasteiger partial charge on any atom is -0.356 e. The fraction of sp³-hybridized carbons (Fsp3) is 0.588. The number of amides is 1. The van der Waals surface area contributed by atoms with Crippen molar-refractivity contribution in [2.75, 3.05) is 19.6 Å². The molecule has 1 fully saturated rings. The number of carbonyl (C=O) groups is 1. The second-order valence-electron chi connectivity index (χ2n) is 6.07. The van der Waals surface area contributed by atoms with Crippen molar-refractivity contribution in [2.24, 2.45) is 5.92 Å². The summed E-state index contributed by atoms with van der Waals surface area (Å²) in [7, 11) is -3.38. The van der Waals surface area contributed by atoms with Crippen molar-refractivity contribution < 1.29 is 13.2 Å². The van der Waals surface area contributed by atoms with Gasteiger partial charge in [0.2, 0.25) is 15.9 Å². The highest BCUT2D eigenvalue weighted by molar-refractivity contribution is 7.89. The van der Waals surface area contributed by atoms with E-state index in [1.54, 1.807) is 28.6 Å². The van der Waals surface area contributed by atoms with E-state index >= 15 is 0 Å². The van der Waals surface area contributed by atoms with Crippen LogP contribution in [0, 0.1) is 5.92 Å². The number of hydrogen-bond acceptors (Lipinski definition) is 3. The van der Waals surface area contributed by atoms with Gasteiger partial charge in [-0.05, 0) is 37.3 Å². The molecule has 1 aromatic carbocycles. The average molecular weight is 338 g/mol. The molecule has 6 heteroatoms. The third-order valence-corrected chi connectivity index (χ3v) is 6.21. The highest BCUT2D eigenvalue weighted by atomic mass is 32.2. The third kappa shape index (κ3) is 5.04. The predicted octanol–water partition coefficient (Wildman–Crippen LogP) is 2.39. The summed E-state index contributed by atoms with van der Waals surface area (Å²) < 4.78 is 26.6. The Morgan fingerprint density at radius 3 is 2.48 bits per heavy atom. The number of piperidine rings is 1. The first-order valence-electron chi connectivity index (χ1n) is 8.36. The van der Waals surface area contributed by atoms with Gasteiger partial charge in [-0.1, -0.05) is 31.5 Å². The molecule has 5 nitrogen and oxygen atoms in total. The van der Waals surface area contributed by atoms with Crippen LogP contribution in [0.15, 0.2) is 35.2 Å². The van der Waals surface area contributed by atoms with Gasteiger partial charge < -0.3 is 5.32 Å². The summed E-state index contributed by atoms with van der Waals surface area (Å²) >= 11 is 0. The molecule has 1 aliphatic rings. The fourth-order valence-corrected chi connectivity index (χ4v) is 4.27. The Labute approximate surface area is 139 Å². The van der Waals surface area contributed by atoms with Crippen LogP contribution >= 0.6 is 0 Å². The lowest BCUT2D eigenvalue weighted by molar-refractivity contribution is -0.121. The molecule has 0 aliphatic carbocycles. The SMILES string of the molecule is CCCCC(=O)NCC1CCN(S(=O)(=O)c2ccccc2)CC1. The topological polar surface area (TPSA) is 66.5 Å². The molecule has 1 amide bonds. The van der Waals surface area contributed by atoms with Gasteiger partial charge in [-0.2, -0.15) is 4.31 Å². The quantitative estimate of drug-likeness (QED) is 0.830. The minimum atomic E-state index is -3.38. The maximum atomic E-state index is 12.5. The van der Waals surface area contributed by atoms with Crippen LogP contribution in [0.3, 0.4) is 0 Å². The monoisotopic (exact) mass is 338 g/mol. The molecule has 1 aromatic rings. The zero-order valence-electron chi connectivity index (χ0n) is 13.7. The zero-order chi connectivity index (χ0) is 16.7. The molecule has 128 valence electrons. The molecule has 0 saturated carbocycles. The molecule has 0 bridgehead atoms. The number of rotatable bonds is 7. The predicted molar refractivity (Wildman–Crippen MR) is 90.5 cm³/mol. The first-order valence-corrected chi connectivity index (χ1v) is 9.80. The first kappa shape index (κ1) is 17.9. The van der Waals surface area contributed by atoms with Crippen molar-refractivity contribution in [1.29, 1.82) is 0 Å². The van der Waals surface area contributed by atoms with E-state index in [2.05, 4.69) is 12.2 Å². The maximum absolute atomic E-state index is 12.5. The van der Waals surface area contributed by atoms with E-state index in [9.17, 15) is 13.2 Å². The highest BCUT2D eigenvalue weighted by Gasteiger charge is 2.29. The maximum Gasteiger partial charge on any atom is 0.243 e. The van der Waals surface area contributed by atoms with E-state index in [1.807, 2.05) is 6.07 Å². The van der Waals surface area contributed by atoms with Gasteiger partial charge in [0.1, 0.15) is 0 Å². The number of nitrogens with zero attached hydrogens (tertiary/aromatic N) is 1. The summed E-state index contributed by atoms with van der Waals surface area (Å²) in [6, 6.07) is 8.56. The lowest BCUT2D eigenvalue weighted by atomic mass is 9.98. The Morgan fingerprint density at radius 2 is 1.87 bits per heavy atom. The second-order valence-corrected chi connectivity index (χ2v) is 8.01. The second kappa shape index (κ2) is 8.45. The van der Waals surface area contributed by atoms with E-state index < -0.39 is 10.0 Å². The van der Waals surface area contributed by atoms with Gasteiger partial charge in [0.25, 0.3) is 0 Å². The Hall–Kier alpha value is -1.40. The molecular formula is C17H26N2O3S. The zero-order valence-corrected chi connectivity index (χ0v) is 14.5. The molecule has 23 heavy (non-hydrogen) atoms. The molecule has 1 aliphatic heterocycles. The van der Waals surface area contributed by atoms with E-state index in [4.69, 9.17) is 0 Å². The van der Waals surface area contributed by atoms with Crippen LogP contribution in [0.2, 0.25) is 0 Å². The van der Waals surface area contributed by atoms with E-state index in [0.29, 0.717) is 36.9 Å². The summed E-state index contributed by atoms with van der Waals surface area (Å²) in [5, 5.41) is 2.97. The molecule has 0 spiro atoms. The number of sulfonamides is 1. The number of hydrogen-bond donors (Lipinski definition) is 1. The van der Waals surface area contributed by atoms with Gasteiger partial charge in [0.05, 0.1) is 4.90 Å². The Balaban J connectivity index is 1.81. The molecule has 2 rings (SSSR count). The molecule has 0 unspecified atom stereocenters. The van der Waals surface area contributed by atoms with Crippen molar-refractivity contribution in [2.45, 2.75) is 43.9 Å². The van der Waals surface area contributed by atoms with Gasteiger partial charge in [0, 0.05) is 26.1 Å². The molecular weight excluding hydrogens is 312 g/mol. The number of unbranched alkanes of at least 4 members (excludes halogenated alkanes) is 1. The van der Waals surface area contributed by atoms with Crippen LogP contribution < -0.4 is 5.32 Å². The molecule has 1 saturated heterocycles. The fourth-order valence-electron chi connectivity index (χ4n) is 2.78. The Bertz CT molecular complexity index is 594. The molecule has 0 atom stereocenters. The van der Waals surface area contributed by atoms with E-state index in [-0.39, 0.29) is 5.91 Å². The summed E-state index contributed by atoms with van der Waals surface area (Å²) in [6.07, 6.45) is 4.10. The van der Waals surface area contributed by atoms with Crippen molar-refractivity contribution in [3.8, 4) is 0 Å². The summed E-state index contributed by atoms with van der Waals surface area (Å²) in [6.45, 7) is 3.76.